The van der Waals surface area contributed by atoms with Gasteiger partial charge in [-0.1, -0.05) is 19.3 Å². The predicted molar refractivity (Wildman–Crippen MR) is 81.0 cm³/mol. The molecule has 0 saturated carbocycles. The number of aromatic nitrogens is 4. The lowest BCUT2D eigenvalue weighted by atomic mass is 10.1. The first-order valence-corrected chi connectivity index (χ1v) is 8.95. The third-order valence-electron chi connectivity index (χ3n) is 3.90. The fourth-order valence-corrected chi connectivity index (χ4v) is 4.18. The standard InChI is InChI=1S/C14H19N5O2S/c20-22(21,18-10-4-2-1-3-5-11-18)14-8-6-13(7-9-14)19-12-15-16-17-19/h6-9,12H,1-5,10-11H2. The lowest BCUT2D eigenvalue weighted by molar-refractivity contribution is 0.364. The Morgan fingerprint density at radius 3 is 2.14 bits per heavy atom. The molecule has 0 amide bonds. The van der Waals surface area contributed by atoms with Crippen LogP contribution < -0.4 is 0 Å². The van der Waals surface area contributed by atoms with Crippen LogP contribution in [-0.2, 0) is 10.0 Å². The number of rotatable bonds is 3. The first-order valence-electron chi connectivity index (χ1n) is 7.51. The Morgan fingerprint density at radius 2 is 1.55 bits per heavy atom. The molecular formula is C14H19N5O2S. The molecule has 0 radical (unpaired) electrons. The Labute approximate surface area is 130 Å². The molecule has 1 saturated heterocycles. The van der Waals surface area contributed by atoms with Crippen molar-refractivity contribution in [1.29, 1.82) is 0 Å². The zero-order valence-electron chi connectivity index (χ0n) is 12.3. The molecule has 0 N–H and O–H groups in total. The molecule has 118 valence electrons. The third-order valence-corrected chi connectivity index (χ3v) is 5.82. The molecule has 0 bridgehead atoms. The van der Waals surface area contributed by atoms with Crippen LogP contribution in [0.3, 0.4) is 0 Å². The van der Waals surface area contributed by atoms with Crippen LogP contribution in [0.1, 0.15) is 32.1 Å². The SMILES string of the molecule is O=S(=O)(c1ccc(-n2cnnn2)cc1)N1CCCCCCC1. The van der Waals surface area contributed by atoms with Gasteiger partial charge in [-0.15, -0.1) is 5.10 Å². The minimum Gasteiger partial charge on any atom is -0.207 e. The molecule has 0 atom stereocenters. The van der Waals surface area contributed by atoms with Gasteiger partial charge < -0.3 is 0 Å². The largest absolute Gasteiger partial charge is 0.243 e. The van der Waals surface area contributed by atoms with Crippen LogP contribution in [0.2, 0.25) is 0 Å². The second-order valence-corrected chi connectivity index (χ2v) is 7.36. The molecule has 1 aromatic heterocycles. The number of hydrogen-bond acceptors (Lipinski definition) is 5. The van der Waals surface area contributed by atoms with Crippen LogP contribution in [0, 0.1) is 0 Å². The normalized spacial score (nSPS) is 17.8. The van der Waals surface area contributed by atoms with Gasteiger partial charge in [0.2, 0.25) is 10.0 Å². The predicted octanol–water partition coefficient (Wildman–Crippen LogP) is 1.62. The number of sulfonamides is 1. The van der Waals surface area contributed by atoms with E-state index in [1.165, 1.54) is 17.4 Å². The Hall–Kier alpha value is -1.80. The number of nitrogens with zero attached hydrogens (tertiary/aromatic N) is 5. The van der Waals surface area contributed by atoms with Crippen molar-refractivity contribution in [3.63, 3.8) is 0 Å². The molecule has 0 aliphatic carbocycles. The summed E-state index contributed by atoms with van der Waals surface area (Å²) in [5.41, 5.74) is 0.733. The molecule has 1 fully saturated rings. The summed E-state index contributed by atoms with van der Waals surface area (Å²) in [6.07, 6.45) is 6.74. The number of tetrazole rings is 1. The first-order chi connectivity index (χ1) is 10.7. The monoisotopic (exact) mass is 321 g/mol. The van der Waals surface area contributed by atoms with E-state index in [-0.39, 0.29) is 0 Å². The minimum atomic E-state index is -3.41. The van der Waals surface area contributed by atoms with Gasteiger partial charge in [-0.3, -0.25) is 0 Å². The zero-order chi connectivity index (χ0) is 15.4. The first kappa shape index (κ1) is 15.1. The number of benzene rings is 1. The highest BCUT2D eigenvalue weighted by Gasteiger charge is 2.24. The van der Waals surface area contributed by atoms with Crippen LogP contribution in [0.15, 0.2) is 35.5 Å². The van der Waals surface area contributed by atoms with Crippen LogP contribution in [-0.4, -0.2) is 46.0 Å². The highest BCUT2D eigenvalue weighted by Crippen LogP contribution is 2.21. The van der Waals surface area contributed by atoms with E-state index >= 15 is 0 Å². The maximum Gasteiger partial charge on any atom is 0.243 e. The van der Waals surface area contributed by atoms with Crippen molar-refractivity contribution >= 4 is 10.0 Å². The average molecular weight is 321 g/mol. The zero-order valence-corrected chi connectivity index (χ0v) is 13.1. The maximum atomic E-state index is 12.7. The molecule has 3 rings (SSSR count). The fourth-order valence-electron chi connectivity index (χ4n) is 2.66. The quantitative estimate of drug-likeness (QED) is 0.858. The van der Waals surface area contributed by atoms with Crippen molar-refractivity contribution in [2.45, 2.75) is 37.0 Å². The highest BCUT2D eigenvalue weighted by atomic mass is 32.2. The summed E-state index contributed by atoms with van der Waals surface area (Å²) >= 11 is 0. The van der Waals surface area contributed by atoms with E-state index in [2.05, 4.69) is 15.5 Å². The molecule has 22 heavy (non-hydrogen) atoms. The average Bonchev–Trinajstić information content (AvgIpc) is 3.01. The van der Waals surface area contributed by atoms with Crippen molar-refractivity contribution < 1.29 is 8.42 Å². The van der Waals surface area contributed by atoms with Crippen molar-refractivity contribution in [3.8, 4) is 5.69 Å². The highest BCUT2D eigenvalue weighted by molar-refractivity contribution is 7.89. The van der Waals surface area contributed by atoms with Crippen molar-refractivity contribution in [1.82, 2.24) is 24.5 Å². The molecule has 0 unspecified atom stereocenters. The molecule has 2 aromatic rings. The van der Waals surface area contributed by atoms with Gasteiger partial charge in [0.15, 0.2) is 0 Å². The van der Waals surface area contributed by atoms with E-state index < -0.39 is 10.0 Å². The van der Waals surface area contributed by atoms with E-state index in [0.29, 0.717) is 18.0 Å². The number of hydrogen-bond donors (Lipinski definition) is 0. The van der Waals surface area contributed by atoms with Gasteiger partial charge in [0.05, 0.1) is 10.6 Å². The Kier molecular flexibility index (Phi) is 4.49. The van der Waals surface area contributed by atoms with E-state index in [1.807, 2.05) is 0 Å². The molecule has 7 nitrogen and oxygen atoms in total. The summed E-state index contributed by atoms with van der Waals surface area (Å²) < 4.78 is 28.6. The van der Waals surface area contributed by atoms with Crippen molar-refractivity contribution in [2.24, 2.45) is 0 Å². The molecule has 0 spiro atoms. The third kappa shape index (κ3) is 3.17. The van der Waals surface area contributed by atoms with E-state index in [9.17, 15) is 8.42 Å². The molecule has 1 aliphatic rings. The fraction of sp³-hybridized carbons (Fsp3) is 0.500. The van der Waals surface area contributed by atoms with Crippen molar-refractivity contribution in [3.05, 3.63) is 30.6 Å². The lowest BCUT2D eigenvalue weighted by Gasteiger charge is -2.24. The Morgan fingerprint density at radius 1 is 0.909 bits per heavy atom. The summed E-state index contributed by atoms with van der Waals surface area (Å²) in [5, 5.41) is 10.9. The Bertz CT molecular complexity index is 689. The smallest absolute Gasteiger partial charge is 0.207 e. The molecule has 1 aliphatic heterocycles. The molecule has 8 heteroatoms. The second-order valence-electron chi connectivity index (χ2n) is 5.42. The summed E-state index contributed by atoms with van der Waals surface area (Å²) in [6.45, 7) is 1.22. The van der Waals surface area contributed by atoms with Gasteiger partial charge in [-0.2, -0.15) is 4.31 Å². The van der Waals surface area contributed by atoms with Gasteiger partial charge in [0.1, 0.15) is 6.33 Å². The summed E-state index contributed by atoms with van der Waals surface area (Å²) in [4.78, 5) is 0.324. The van der Waals surface area contributed by atoms with Gasteiger partial charge in [0.25, 0.3) is 0 Å². The summed E-state index contributed by atoms with van der Waals surface area (Å²) in [7, 11) is -3.41. The lowest BCUT2D eigenvalue weighted by Crippen LogP contribution is -2.33. The summed E-state index contributed by atoms with van der Waals surface area (Å²) in [5.74, 6) is 0. The molecule has 1 aromatic carbocycles. The molecular weight excluding hydrogens is 302 g/mol. The van der Waals surface area contributed by atoms with Crippen LogP contribution in [0.25, 0.3) is 5.69 Å². The minimum absolute atomic E-state index is 0.324. The van der Waals surface area contributed by atoms with Gasteiger partial charge >= 0.3 is 0 Å². The van der Waals surface area contributed by atoms with E-state index in [4.69, 9.17) is 0 Å². The van der Waals surface area contributed by atoms with Crippen molar-refractivity contribution in [2.75, 3.05) is 13.1 Å². The van der Waals surface area contributed by atoms with E-state index in [0.717, 1.165) is 31.4 Å². The molecule has 2 heterocycles. The summed E-state index contributed by atoms with van der Waals surface area (Å²) in [6, 6.07) is 6.66. The maximum absolute atomic E-state index is 12.7. The van der Waals surface area contributed by atoms with Crippen LogP contribution >= 0.6 is 0 Å². The Balaban J connectivity index is 1.82. The van der Waals surface area contributed by atoms with Gasteiger partial charge in [-0.25, -0.2) is 13.1 Å². The van der Waals surface area contributed by atoms with Crippen LogP contribution in [0.4, 0.5) is 0 Å². The van der Waals surface area contributed by atoms with Crippen LogP contribution in [0.5, 0.6) is 0 Å². The second kappa shape index (κ2) is 6.53. The topological polar surface area (TPSA) is 81.0 Å². The van der Waals surface area contributed by atoms with Gasteiger partial charge in [0, 0.05) is 13.1 Å². The van der Waals surface area contributed by atoms with E-state index in [1.54, 1.807) is 28.6 Å². The van der Waals surface area contributed by atoms with Gasteiger partial charge in [-0.05, 0) is 47.5 Å².